The summed E-state index contributed by atoms with van der Waals surface area (Å²) in [6.45, 7) is 10.8. The molecule has 1 aliphatic carbocycles. The molecule has 6 aromatic heterocycles. The van der Waals surface area contributed by atoms with Crippen molar-refractivity contribution >= 4 is 50.7 Å². The zero-order chi connectivity index (χ0) is 41.9. The van der Waals surface area contributed by atoms with Gasteiger partial charge in [-0.25, -0.2) is 4.98 Å². The molecule has 2 fully saturated rings. The summed E-state index contributed by atoms with van der Waals surface area (Å²) in [5, 5.41) is 20.8. The molecule has 10 rings (SSSR count). The largest absolute Gasteiger partial charge is 0.380 e. The zero-order valence-corrected chi connectivity index (χ0v) is 35.9. The van der Waals surface area contributed by atoms with Crippen LogP contribution >= 0.6 is 15.9 Å². The number of nitrogens with one attached hydrogen (secondary N) is 4. The minimum atomic E-state index is -0.152. The number of hydrogen-bond acceptors (Lipinski definition) is 10. The highest BCUT2D eigenvalue weighted by Gasteiger charge is 2.37. The highest BCUT2D eigenvalue weighted by atomic mass is 79.9. The van der Waals surface area contributed by atoms with Crippen molar-refractivity contribution in [3.05, 3.63) is 114 Å². The standard InChI is InChI=1S/C31H35N7O3.C12H13BrN4O2/c1-5-21-22(19-10-24(29(39)36(4)15-19)33-27-12-23(34-35-27)20-16-41-17-20)6-7-32-28(21)38-9-8-37-25(30(38)40)11-18-13-31(2,3)14-26(18)37;1-17-4-8(13)2-10(12(17)18)14-11-3-9(15-16-11)7-5-19-6-7/h6-7,10-12,15,20H,5,8-9,13-14,16-17H2,1-4H3,(H2,33,34,35);2-4,7H,5-6H2,1H3,(H2,14,15,16). The number of aromatic amines is 2. The Hall–Kier alpha value is -5.78. The van der Waals surface area contributed by atoms with Crippen molar-refractivity contribution in [2.45, 2.75) is 58.4 Å². The summed E-state index contributed by atoms with van der Waals surface area (Å²) in [4.78, 5) is 45.4. The van der Waals surface area contributed by atoms with E-state index in [0.717, 1.165) is 70.8 Å². The SMILES string of the molecule is CCc1c(-c2cc(Nc3cc(C4COC4)[nH]n3)c(=O)n(C)c2)ccnc1N1CCn2c(cc3c2CC(C)(C)C3)C1=O.Cn1cc(Br)cc(Nc2cc(C3COC3)[nH]n2)c1=O. The molecule has 3 aliphatic heterocycles. The normalized spacial score (nSPS) is 17.0. The number of carbonyl (C=O) groups is 1. The molecule has 17 heteroatoms. The van der Waals surface area contributed by atoms with E-state index in [-0.39, 0.29) is 22.4 Å². The van der Waals surface area contributed by atoms with Gasteiger partial charge in [-0.3, -0.25) is 29.5 Å². The summed E-state index contributed by atoms with van der Waals surface area (Å²) in [5.41, 5.74) is 9.09. The van der Waals surface area contributed by atoms with Crippen LogP contribution in [0, 0.1) is 5.41 Å². The van der Waals surface area contributed by atoms with E-state index >= 15 is 0 Å². The van der Waals surface area contributed by atoms with Crippen molar-refractivity contribution in [2.24, 2.45) is 19.5 Å². The van der Waals surface area contributed by atoms with Crippen molar-refractivity contribution < 1.29 is 14.3 Å². The number of aryl methyl sites for hydroxylation is 2. The first-order chi connectivity index (χ1) is 28.9. The minimum Gasteiger partial charge on any atom is -0.380 e. The average Bonchev–Trinajstić information content (AvgIpc) is 3.95. The Kier molecular flexibility index (Phi) is 10.4. The molecule has 312 valence electrons. The van der Waals surface area contributed by atoms with Gasteiger partial charge in [-0.2, -0.15) is 10.2 Å². The monoisotopic (exact) mass is 877 g/mol. The zero-order valence-electron chi connectivity index (χ0n) is 34.3. The molecule has 60 heavy (non-hydrogen) atoms. The van der Waals surface area contributed by atoms with Gasteiger partial charge in [0.2, 0.25) is 0 Å². The van der Waals surface area contributed by atoms with Gasteiger partial charge >= 0.3 is 0 Å². The van der Waals surface area contributed by atoms with Gasteiger partial charge in [0.25, 0.3) is 17.0 Å². The lowest BCUT2D eigenvalue weighted by molar-refractivity contribution is 0.00664. The van der Waals surface area contributed by atoms with Gasteiger partial charge in [-0.15, -0.1) is 0 Å². The molecule has 4 aliphatic rings. The highest BCUT2D eigenvalue weighted by molar-refractivity contribution is 9.10. The van der Waals surface area contributed by atoms with E-state index in [9.17, 15) is 14.4 Å². The molecule has 0 radical (unpaired) electrons. The van der Waals surface area contributed by atoms with Crippen molar-refractivity contribution in [3.8, 4) is 11.1 Å². The molecule has 4 N–H and O–H groups in total. The van der Waals surface area contributed by atoms with Crippen molar-refractivity contribution in [3.63, 3.8) is 0 Å². The first-order valence-electron chi connectivity index (χ1n) is 20.2. The second-order valence-electron chi connectivity index (χ2n) is 16.8. The number of ether oxygens (including phenoxy) is 2. The van der Waals surface area contributed by atoms with Crippen LogP contribution in [0.15, 0.2) is 69.1 Å². The van der Waals surface area contributed by atoms with Crippen LogP contribution in [0.5, 0.6) is 0 Å². The molecule has 0 unspecified atom stereocenters. The second-order valence-corrected chi connectivity index (χ2v) is 17.7. The van der Waals surface area contributed by atoms with Crippen LogP contribution < -0.4 is 26.7 Å². The average molecular weight is 879 g/mol. The van der Waals surface area contributed by atoms with Crippen LogP contribution in [0.1, 0.15) is 71.3 Å². The quantitative estimate of drug-likeness (QED) is 0.136. The maximum atomic E-state index is 13.8. The van der Waals surface area contributed by atoms with Gasteiger partial charge < -0.3 is 33.8 Å². The van der Waals surface area contributed by atoms with E-state index in [1.165, 1.54) is 15.8 Å². The number of fused-ring (bicyclic) bond motifs is 3. The number of pyridine rings is 3. The van der Waals surface area contributed by atoms with E-state index in [1.807, 2.05) is 35.4 Å². The van der Waals surface area contributed by atoms with E-state index in [0.29, 0.717) is 66.8 Å². The van der Waals surface area contributed by atoms with Crippen molar-refractivity contribution in [2.75, 3.05) is 48.5 Å². The van der Waals surface area contributed by atoms with Gasteiger partial charge in [-0.1, -0.05) is 20.8 Å². The van der Waals surface area contributed by atoms with Gasteiger partial charge in [-0.05, 0) is 76.0 Å². The summed E-state index contributed by atoms with van der Waals surface area (Å²) in [6, 6.07) is 11.5. The van der Waals surface area contributed by atoms with Crippen LogP contribution in [0.4, 0.5) is 28.8 Å². The van der Waals surface area contributed by atoms with Crippen LogP contribution in [0.25, 0.3) is 11.1 Å². The molecule has 0 saturated carbocycles. The maximum absolute atomic E-state index is 13.8. The number of aromatic nitrogens is 8. The Labute approximate surface area is 354 Å². The first kappa shape index (κ1) is 39.7. The molecule has 6 aromatic rings. The van der Waals surface area contributed by atoms with Gasteiger partial charge in [0.05, 0.1) is 26.4 Å². The van der Waals surface area contributed by atoms with Gasteiger partial charge in [0.15, 0.2) is 11.6 Å². The number of rotatable bonds is 9. The first-order valence-corrected chi connectivity index (χ1v) is 21.0. The van der Waals surface area contributed by atoms with E-state index in [4.69, 9.17) is 14.5 Å². The van der Waals surface area contributed by atoms with Crippen molar-refractivity contribution in [1.82, 2.24) is 39.1 Å². The molecule has 0 bridgehead atoms. The molecule has 16 nitrogen and oxygen atoms in total. The molecule has 0 spiro atoms. The summed E-state index contributed by atoms with van der Waals surface area (Å²) < 4.78 is 16.6. The van der Waals surface area contributed by atoms with Crippen LogP contribution in [0.2, 0.25) is 0 Å². The lowest BCUT2D eigenvalue weighted by Crippen LogP contribution is -2.41. The minimum absolute atomic E-state index is 0.00294. The molecule has 0 aromatic carbocycles. The number of amides is 1. The summed E-state index contributed by atoms with van der Waals surface area (Å²) in [6.07, 6.45) is 8.00. The summed E-state index contributed by atoms with van der Waals surface area (Å²) >= 11 is 3.36. The van der Waals surface area contributed by atoms with Crippen LogP contribution in [-0.2, 0) is 49.4 Å². The smallest absolute Gasteiger partial charge is 0.276 e. The number of nitrogens with zero attached hydrogens (tertiary/aromatic N) is 7. The van der Waals surface area contributed by atoms with Crippen LogP contribution in [0.3, 0.4) is 0 Å². The van der Waals surface area contributed by atoms with E-state index < -0.39 is 0 Å². The predicted octanol–water partition coefficient (Wildman–Crippen LogP) is 5.91. The fraction of sp³-hybridized carbons (Fsp3) is 0.395. The van der Waals surface area contributed by atoms with Gasteiger partial charge in [0, 0.05) is 102 Å². The second kappa shape index (κ2) is 15.7. The number of halogens is 1. The molecular formula is C43H48BrN11O5. The predicted molar refractivity (Wildman–Crippen MR) is 232 cm³/mol. The highest BCUT2D eigenvalue weighted by Crippen LogP contribution is 2.40. The lowest BCUT2D eigenvalue weighted by Gasteiger charge is -2.31. The van der Waals surface area contributed by atoms with E-state index in [2.05, 4.69) is 78.4 Å². The Morgan fingerprint density at radius 3 is 2.05 bits per heavy atom. The Bertz CT molecular complexity index is 2740. The number of hydrogen-bond donors (Lipinski definition) is 4. The third-order valence-electron chi connectivity index (χ3n) is 11.8. The Morgan fingerprint density at radius 2 is 1.45 bits per heavy atom. The summed E-state index contributed by atoms with van der Waals surface area (Å²) in [7, 11) is 3.45. The maximum Gasteiger partial charge on any atom is 0.276 e. The van der Waals surface area contributed by atoms with E-state index in [1.54, 1.807) is 37.1 Å². The third kappa shape index (κ3) is 7.49. The number of anilines is 5. The third-order valence-corrected chi connectivity index (χ3v) is 12.2. The molecule has 1 amide bonds. The Balaban J connectivity index is 0.000000203. The van der Waals surface area contributed by atoms with Crippen LogP contribution in [-0.4, -0.2) is 78.0 Å². The fourth-order valence-electron chi connectivity index (χ4n) is 8.48. The molecule has 9 heterocycles. The summed E-state index contributed by atoms with van der Waals surface area (Å²) in [5.74, 6) is 2.60. The molecule has 0 atom stereocenters. The number of carbonyl (C=O) groups excluding carboxylic acids is 1. The molecular weight excluding hydrogens is 830 g/mol. The molecule has 2 saturated heterocycles. The topological polar surface area (TPSA) is 182 Å². The lowest BCUT2D eigenvalue weighted by atomic mass is 9.90. The van der Waals surface area contributed by atoms with Crippen molar-refractivity contribution in [1.29, 1.82) is 0 Å². The Morgan fingerprint density at radius 1 is 0.833 bits per heavy atom. The van der Waals surface area contributed by atoms with Gasteiger partial charge in [0.1, 0.15) is 22.9 Å². The fourth-order valence-corrected chi connectivity index (χ4v) is 9.02. The number of H-pyrrole nitrogens is 2.